The van der Waals surface area contributed by atoms with Crippen molar-refractivity contribution >= 4 is 11.4 Å². The third-order valence-electron chi connectivity index (χ3n) is 1.76. The number of rotatable bonds is 9. The lowest BCUT2D eigenvalue weighted by molar-refractivity contribution is 0.155. The SMILES string of the molecule is COCCC(C)COS(=O)OCC(C)C. The average molecular weight is 238 g/mol. The van der Waals surface area contributed by atoms with Gasteiger partial charge in [0.05, 0.1) is 13.2 Å². The van der Waals surface area contributed by atoms with Gasteiger partial charge in [0.2, 0.25) is 0 Å². The predicted octanol–water partition coefficient (Wildman–Crippen LogP) is 1.93. The quantitative estimate of drug-likeness (QED) is 0.615. The second kappa shape index (κ2) is 9.27. The maximum absolute atomic E-state index is 11.2. The van der Waals surface area contributed by atoms with Crippen molar-refractivity contribution in [3.05, 3.63) is 0 Å². The molecule has 2 unspecified atom stereocenters. The van der Waals surface area contributed by atoms with Crippen molar-refractivity contribution in [2.45, 2.75) is 27.2 Å². The number of methoxy groups -OCH3 is 1. The Kier molecular flexibility index (Phi) is 9.29. The van der Waals surface area contributed by atoms with E-state index in [1.165, 1.54) is 0 Å². The minimum absolute atomic E-state index is 0.330. The molecule has 0 heterocycles. The Morgan fingerprint density at radius 1 is 1.13 bits per heavy atom. The number of hydrogen-bond donors (Lipinski definition) is 0. The molecule has 0 aromatic heterocycles. The third kappa shape index (κ3) is 10.3. The van der Waals surface area contributed by atoms with Crippen molar-refractivity contribution in [2.75, 3.05) is 26.9 Å². The van der Waals surface area contributed by atoms with E-state index in [0.29, 0.717) is 31.7 Å². The average Bonchev–Trinajstić information content (AvgIpc) is 2.20. The van der Waals surface area contributed by atoms with Crippen LogP contribution in [0, 0.1) is 11.8 Å². The summed E-state index contributed by atoms with van der Waals surface area (Å²) in [6.45, 7) is 7.62. The summed E-state index contributed by atoms with van der Waals surface area (Å²) in [6.07, 6.45) is 0.901. The highest BCUT2D eigenvalue weighted by Gasteiger charge is 2.07. The van der Waals surface area contributed by atoms with Crippen LogP contribution in [0.5, 0.6) is 0 Å². The van der Waals surface area contributed by atoms with Crippen molar-refractivity contribution < 1.29 is 17.3 Å². The van der Waals surface area contributed by atoms with E-state index >= 15 is 0 Å². The minimum Gasteiger partial charge on any atom is -0.385 e. The highest BCUT2D eigenvalue weighted by Crippen LogP contribution is 2.05. The second-order valence-electron chi connectivity index (χ2n) is 4.05. The van der Waals surface area contributed by atoms with E-state index in [0.717, 1.165) is 6.42 Å². The Morgan fingerprint density at radius 2 is 1.73 bits per heavy atom. The Morgan fingerprint density at radius 3 is 2.27 bits per heavy atom. The van der Waals surface area contributed by atoms with Crippen LogP contribution in [0.25, 0.3) is 0 Å². The normalized spacial score (nSPS) is 15.5. The van der Waals surface area contributed by atoms with Crippen molar-refractivity contribution in [1.82, 2.24) is 0 Å². The molecule has 0 radical (unpaired) electrons. The van der Waals surface area contributed by atoms with E-state index in [2.05, 4.69) is 0 Å². The molecule has 0 bridgehead atoms. The van der Waals surface area contributed by atoms with Crippen LogP contribution in [0.3, 0.4) is 0 Å². The van der Waals surface area contributed by atoms with Gasteiger partial charge in [-0.1, -0.05) is 20.8 Å². The summed E-state index contributed by atoms with van der Waals surface area (Å²) in [5.41, 5.74) is 0. The van der Waals surface area contributed by atoms with Crippen LogP contribution in [0.1, 0.15) is 27.2 Å². The molecule has 92 valence electrons. The third-order valence-corrected chi connectivity index (χ3v) is 2.42. The van der Waals surface area contributed by atoms with Gasteiger partial charge in [-0.15, -0.1) is 0 Å². The summed E-state index contributed by atoms with van der Waals surface area (Å²) in [5.74, 6) is 0.694. The zero-order chi connectivity index (χ0) is 11.7. The number of hydrogen-bond acceptors (Lipinski definition) is 4. The van der Waals surface area contributed by atoms with E-state index in [4.69, 9.17) is 13.1 Å². The Bertz CT molecular complexity index is 173. The van der Waals surface area contributed by atoms with Gasteiger partial charge in [0.1, 0.15) is 0 Å². The lowest BCUT2D eigenvalue weighted by Crippen LogP contribution is -2.13. The zero-order valence-corrected chi connectivity index (χ0v) is 10.8. The molecule has 0 aliphatic heterocycles. The summed E-state index contributed by atoms with van der Waals surface area (Å²) in [4.78, 5) is 0. The highest BCUT2D eigenvalue weighted by molar-refractivity contribution is 7.75. The van der Waals surface area contributed by atoms with Gasteiger partial charge in [0.15, 0.2) is 0 Å². The van der Waals surface area contributed by atoms with Crippen molar-refractivity contribution in [3.8, 4) is 0 Å². The summed E-state index contributed by atoms with van der Waals surface area (Å²) in [5, 5.41) is 0. The van der Waals surface area contributed by atoms with Gasteiger partial charge in [0.25, 0.3) is 0 Å². The molecule has 0 amide bonds. The van der Waals surface area contributed by atoms with Gasteiger partial charge in [-0.2, -0.15) is 4.21 Å². The molecular weight excluding hydrogens is 216 g/mol. The predicted molar refractivity (Wildman–Crippen MR) is 60.5 cm³/mol. The van der Waals surface area contributed by atoms with Crippen LogP contribution in [0.4, 0.5) is 0 Å². The molecule has 0 N–H and O–H groups in total. The van der Waals surface area contributed by atoms with Gasteiger partial charge in [-0.3, -0.25) is 8.37 Å². The standard InChI is InChI=1S/C10H22O4S/c1-9(2)7-13-15(11)14-8-10(3)5-6-12-4/h9-10H,5-8H2,1-4H3. The molecule has 5 heteroatoms. The van der Waals surface area contributed by atoms with E-state index in [9.17, 15) is 4.21 Å². The molecule has 0 aromatic carbocycles. The summed E-state index contributed by atoms with van der Waals surface area (Å²) < 4.78 is 26.1. The van der Waals surface area contributed by atoms with Crippen molar-refractivity contribution in [2.24, 2.45) is 11.8 Å². The smallest absolute Gasteiger partial charge is 0.304 e. The Balaban J connectivity index is 3.44. The van der Waals surface area contributed by atoms with Crippen LogP contribution in [-0.4, -0.2) is 31.1 Å². The summed E-state index contributed by atoms with van der Waals surface area (Å²) in [6, 6.07) is 0. The van der Waals surface area contributed by atoms with Crippen molar-refractivity contribution in [1.29, 1.82) is 0 Å². The lowest BCUT2D eigenvalue weighted by atomic mass is 10.1. The maximum Gasteiger partial charge on any atom is 0.304 e. The topological polar surface area (TPSA) is 44.8 Å². The first-order chi connectivity index (χ1) is 7.06. The van der Waals surface area contributed by atoms with Gasteiger partial charge in [0, 0.05) is 13.7 Å². The molecule has 0 aromatic rings. The van der Waals surface area contributed by atoms with Crippen LogP contribution in [0.15, 0.2) is 0 Å². The molecule has 0 saturated carbocycles. The molecule has 0 spiro atoms. The summed E-state index contributed by atoms with van der Waals surface area (Å²) in [7, 11) is 1.66. The first-order valence-electron chi connectivity index (χ1n) is 5.23. The van der Waals surface area contributed by atoms with Crippen LogP contribution in [-0.2, 0) is 24.5 Å². The Labute approximate surface area is 95.2 Å². The molecule has 15 heavy (non-hydrogen) atoms. The molecule has 4 nitrogen and oxygen atoms in total. The zero-order valence-electron chi connectivity index (χ0n) is 10.0. The molecule has 0 fully saturated rings. The van der Waals surface area contributed by atoms with Crippen LogP contribution >= 0.6 is 0 Å². The van der Waals surface area contributed by atoms with Gasteiger partial charge in [-0.25, -0.2) is 0 Å². The number of ether oxygens (including phenoxy) is 1. The van der Waals surface area contributed by atoms with Crippen LogP contribution < -0.4 is 0 Å². The van der Waals surface area contributed by atoms with E-state index in [-0.39, 0.29) is 0 Å². The fourth-order valence-corrected chi connectivity index (χ4v) is 1.59. The van der Waals surface area contributed by atoms with Gasteiger partial charge < -0.3 is 4.74 Å². The van der Waals surface area contributed by atoms with Gasteiger partial charge in [-0.05, 0) is 18.3 Å². The molecule has 0 aliphatic carbocycles. The summed E-state index contributed by atoms with van der Waals surface area (Å²) >= 11 is -1.61. The maximum atomic E-state index is 11.2. The molecule has 0 aliphatic rings. The van der Waals surface area contributed by atoms with E-state index in [1.54, 1.807) is 7.11 Å². The first kappa shape index (κ1) is 15.0. The van der Waals surface area contributed by atoms with E-state index < -0.39 is 11.4 Å². The Hall–Kier alpha value is 0.0300. The van der Waals surface area contributed by atoms with Gasteiger partial charge >= 0.3 is 11.4 Å². The van der Waals surface area contributed by atoms with Crippen molar-refractivity contribution in [3.63, 3.8) is 0 Å². The molecule has 0 rings (SSSR count). The second-order valence-corrected chi connectivity index (χ2v) is 4.93. The lowest BCUT2D eigenvalue weighted by Gasteiger charge is -2.10. The molecular formula is C10H22O4S. The fraction of sp³-hybridized carbons (Fsp3) is 1.00. The largest absolute Gasteiger partial charge is 0.385 e. The fourth-order valence-electron chi connectivity index (χ4n) is 0.800. The van der Waals surface area contributed by atoms with Crippen LogP contribution in [0.2, 0.25) is 0 Å². The molecule has 2 atom stereocenters. The first-order valence-corrected chi connectivity index (χ1v) is 6.23. The monoisotopic (exact) mass is 238 g/mol. The highest BCUT2D eigenvalue weighted by atomic mass is 32.2. The molecule has 0 saturated heterocycles. The van der Waals surface area contributed by atoms with E-state index in [1.807, 2.05) is 20.8 Å². The minimum atomic E-state index is -1.61.